The average Bonchev–Trinajstić information content (AvgIpc) is 2.63. The van der Waals surface area contributed by atoms with E-state index in [1.807, 2.05) is 18.0 Å². The second-order valence-electron chi connectivity index (χ2n) is 5.03. The monoisotopic (exact) mass is 269 g/mol. The molecule has 1 saturated heterocycles. The van der Waals surface area contributed by atoms with Gasteiger partial charge in [0.25, 0.3) is 0 Å². The van der Waals surface area contributed by atoms with E-state index in [2.05, 4.69) is 38.0 Å². The summed E-state index contributed by atoms with van der Waals surface area (Å²) in [5.74, 6) is 1.14. The SMILES string of the molecule is Cc1cnc(C(C)N=C2NC(C)(C)CCS2)s1. The molecule has 2 heterocycles. The normalized spacial score (nSPS) is 23.4. The predicted octanol–water partition coefficient (Wildman–Crippen LogP) is 3.37. The maximum atomic E-state index is 4.73. The molecule has 0 radical (unpaired) electrons. The van der Waals surface area contributed by atoms with E-state index in [-0.39, 0.29) is 11.6 Å². The van der Waals surface area contributed by atoms with Crippen LogP contribution in [-0.2, 0) is 0 Å². The minimum atomic E-state index is 0.151. The number of hydrogen-bond acceptors (Lipinski definition) is 4. The van der Waals surface area contributed by atoms with Crippen LogP contribution in [0.4, 0.5) is 0 Å². The number of hydrogen-bond donors (Lipinski definition) is 1. The maximum absolute atomic E-state index is 4.73. The van der Waals surface area contributed by atoms with E-state index in [1.54, 1.807) is 11.3 Å². The van der Waals surface area contributed by atoms with Gasteiger partial charge < -0.3 is 5.32 Å². The van der Waals surface area contributed by atoms with Crippen LogP contribution in [0.1, 0.15) is 43.1 Å². The van der Waals surface area contributed by atoms with E-state index in [9.17, 15) is 0 Å². The lowest BCUT2D eigenvalue weighted by Crippen LogP contribution is -2.46. The van der Waals surface area contributed by atoms with Crippen LogP contribution in [0.25, 0.3) is 0 Å². The minimum Gasteiger partial charge on any atom is -0.360 e. The number of aromatic nitrogens is 1. The molecule has 5 heteroatoms. The summed E-state index contributed by atoms with van der Waals surface area (Å²) in [6.07, 6.45) is 3.10. The van der Waals surface area contributed by atoms with Gasteiger partial charge in [-0.1, -0.05) is 11.8 Å². The molecule has 1 N–H and O–H groups in total. The Hall–Kier alpha value is -0.550. The Morgan fingerprint density at radius 2 is 2.29 bits per heavy atom. The Bertz CT molecular complexity index is 423. The summed E-state index contributed by atoms with van der Waals surface area (Å²) in [6, 6.07) is 0.151. The highest BCUT2D eigenvalue weighted by atomic mass is 32.2. The van der Waals surface area contributed by atoms with Crippen LogP contribution in [0.5, 0.6) is 0 Å². The van der Waals surface area contributed by atoms with Crippen molar-refractivity contribution < 1.29 is 0 Å². The number of nitrogens with one attached hydrogen (secondary N) is 1. The molecule has 1 unspecified atom stereocenters. The number of rotatable bonds is 2. The molecule has 1 fully saturated rings. The van der Waals surface area contributed by atoms with E-state index in [0.717, 1.165) is 15.9 Å². The molecule has 1 aromatic rings. The molecule has 1 aliphatic rings. The van der Waals surface area contributed by atoms with E-state index >= 15 is 0 Å². The topological polar surface area (TPSA) is 37.3 Å². The number of thiazole rings is 1. The molecule has 0 saturated carbocycles. The van der Waals surface area contributed by atoms with Crippen molar-refractivity contribution in [3.63, 3.8) is 0 Å². The summed E-state index contributed by atoms with van der Waals surface area (Å²) < 4.78 is 0. The number of nitrogens with zero attached hydrogens (tertiary/aromatic N) is 2. The minimum absolute atomic E-state index is 0.151. The maximum Gasteiger partial charge on any atom is 0.157 e. The Labute approximate surface area is 111 Å². The molecule has 1 aliphatic heterocycles. The highest BCUT2D eigenvalue weighted by molar-refractivity contribution is 8.13. The van der Waals surface area contributed by atoms with Crippen LogP contribution in [-0.4, -0.2) is 21.4 Å². The van der Waals surface area contributed by atoms with Crippen molar-refractivity contribution in [2.24, 2.45) is 4.99 Å². The standard InChI is InChI=1S/C12H19N3S2/c1-8-7-13-10(17-8)9(2)14-11-15-12(3,4)5-6-16-11/h7,9H,5-6H2,1-4H3,(H,14,15). The van der Waals surface area contributed by atoms with Crippen molar-refractivity contribution in [2.75, 3.05) is 5.75 Å². The number of aryl methyl sites for hydroxylation is 1. The molecule has 0 aliphatic carbocycles. The van der Waals surface area contributed by atoms with Gasteiger partial charge in [0.2, 0.25) is 0 Å². The van der Waals surface area contributed by atoms with E-state index in [1.165, 1.54) is 11.3 Å². The van der Waals surface area contributed by atoms with Gasteiger partial charge in [0, 0.05) is 22.4 Å². The van der Waals surface area contributed by atoms with Crippen molar-refractivity contribution in [1.29, 1.82) is 0 Å². The van der Waals surface area contributed by atoms with Crippen molar-refractivity contribution >= 4 is 28.3 Å². The molecule has 94 valence electrons. The fourth-order valence-corrected chi connectivity index (χ4v) is 3.81. The Morgan fingerprint density at radius 3 is 2.88 bits per heavy atom. The highest BCUT2D eigenvalue weighted by Gasteiger charge is 2.24. The van der Waals surface area contributed by atoms with Crippen molar-refractivity contribution in [3.8, 4) is 0 Å². The van der Waals surface area contributed by atoms with Crippen LogP contribution < -0.4 is 5.32 Å². The second-order valence-corrected chi connectivity index (χ2v) is 7.38. The molecule has 3 nitrogen and oxygen atoms in total. The Morgan fingerprint density at radius 1 is 1.53 bits per heavy atom. The van der Waals surface area contributed by atoms with Gasteiger partial charge in [-0.15, -0.1) is 11.3 Å². The summed E-state index contributed by atoms with van der Waals surface area (Å²) in [5, 5.41) is 5.64. The van der Waals surface area contributed by atoms with Gasteiger partial charge in [-0.25, -0.2) is 4.98 Å². The Balaban J connectivity index is 2.08. The lowest BCUT2D eigenvalue weighted by Gasteiger charge is -2.32. The van der Waals surface area contributed by atoms with Crippen LogP contribution in [0.15, 0.2) is 11.2 Å². The van der Waals surface area contributed by atoms with Crippen LogP contribution >= 0.6 is 23.1 Å². The van der Waals surface area contributed by atoms with Gasteiger partial charge in [0.05, 0.1) is 0 Å². The summed E-state index contributed by atoms with van der Waals surface area (Å²) >= 11 is 3.54. The van der Waals surface area contributed by atoms with E-state index in [4.69, 9.17) is 4.99 Å². The summed E-state index contributed by atoms with van der Waals surface area (Å²) in [4.78, 5) is 10.4. The molecular formula is C12H19N3S2. The number of aliphatic imine (C=N–C) groups is 1. The van der Waals surface area contributed by atoms with Gasteiger partial charge in [-0.3, -0.25) is 4.99 Å². The summed E-state index contributed by atoms with van der Waals surface area (Å²) in [6.45, 7) is 8.63. The molecule has 0 aromatic carbocycles. The van der Waals surface area contributed by atoms with Crippen molar-refractivity contribution in [1.82, 2.24) is 10.3 Å². The van der Waals surface area contributed by atoms with Crippen LogP contribution in [0, 0.1) is 6.92 Å². The first kappa shape index (κ1) is 12.9. The largest absolute Gasteiger partial charge is 0.360 e. The fourth-order valence-electron chi connectivity index (χ4n) is 1.66. The van der Waals surface area contributed by atoms with Gasteiger partial charge in [-0.05, 0) is 34.1 Å². The average molecular weight is 269 g/mol. The molecule has 1 atom stereocenters. The quantitative estimate of drug-likeness (QED) is 0.894. The summed E-state index contributed by atoms with van der Waals surface area (Å²) in [7, 11) is 0. The predicted molar refractivity (Wildman–Crippen MR) is 77.0 cm³/mol. The zero-order chi connectivity index (χ0) is 12.5. The molecule has 0 spiro atoms. The fraction of sp³-hybridized carbons (Fsp3) is 0.667. The summed E-state index contributed by atoms with van der Waals surface area (Å²) in [5.41, 5.74) is 0.169. The smallest absolute Gasteiger partial charge is 0.157 e. The van der Waals surface area contributed by atoms with Crippen LogP contribution in [0.3, 0.4) is 0 Å². The zero-order valence-electron chi connectivity index (χ0n) is 10.8. The second kappa shape index (κ2) is 4.98. The van der Waals surface area contributed by atoms with Gasteiger partial charge in [0.15, 0.2) is 5.17 Å². The van der Waals surface area contributed by atoms with Crippen LogP contribution in [0.2, 0.25) is 0 Å². The molecule has 1 aromatic heterocycles. The highest BCUT2D eigenvalue weighted by Crippen LogP contribution is 2.26. The first-order valence-electron chi connectivity index (χ1n) is 5.87. The zero-order valence-corrected chi connectivity index (χ0v) is 12.4. The lowest BCUT2D eigenvalue weighted by atomic mass is 10.0. The van der Waals surface area contributed by atoms with E-state index in [0.29, 0.717) is 0 Å². The lowest BCUT2D eigenvalue weighted by molar-refractivity contribution is 0.445. The van der Waals surface area contributed by atoms with Gasteiger partial charge in [-0.2, -0.15) is 0 Å². The Kier molecular flexibility index (Phi) is 3.78. The number of thioether (sulfide) groups is 1. The molecule has 0 bridgehead atoms. The van der Waals surface area contributed by atoms with Gasteiger partial charge >= 0.3 is 0 Å². The molecule has 17 heavy (non-hydrogen) atoms. The molecular weight excluding hydrogens is 250 g/mol. The number of amidine groups is 1. The third-order valence-corrected chi connectivity index (χ3v) is 4.69. The van der Waals surface area contributed by atoms with E-state index < -0.39 is 0 Å². The molecule has 0 amide bonds. The molecule has 2 rings (SSSR count). The van der Waals surface area contributed by atoms with Crippen molar-refractivity contribution in [2.45, 2.75) is 45.7 Å². The first-order chi connectivity index (χ1) is 7.96. The van der Waals surface area contributed by atoms with Crippen molar-refractivity contribution in [3.05, 3.63) is 16.1 Å². The first-order valence-corrected chi connectivity index (χ1v) is 7.68. The third-order valence-electron chi connectivity index (χ3n) is 2.72. The third kappa shape index (κ3) is 3.45. The van der Waals surface area contributed by atoms with Gasteiger partial charge in [0.1, 0.15) is 11.0 Å².